The van der Waals surface area contributed by atoms with E-state index >= 15 is 0 Å². The van der Waals surface area contributed by atoms with Crippen molar-refractivity contribution in [3.8, 4) is 5.75 Å². The Balaban J connectivity index is 1.97. The fourth-order valence-electron chi connectivity index (χ4n) is 2.63. The zero-order chi connectivity index (χ0) is 15.5. The summed E-state index contributed by atoms with van der Waals surface area (Å²) < 4.78 is 41.7. The average molecular weight is 301 g/mol. The van der Waals surface area contributed by atoms with Gasteiger partial charge >= 0.3 is 6.18 Å². The highest BCUT2D eigenvalue weighted by Crippen LogP contribution is 2.37. The van der Waals surface area contributed by atoms with Crippen molar-refractivity contribution in [2.24, 2.45) is 5.41 Å². The van der Waals surface area contributed by atoms with Crippen LogP contribution in [0.1, 0.15) is 39.5 Å². The molecule has 2 nitrogen and oxygen atoms in total. The van der Waals surface area contributed by atoms with E-state index in [1.54, 1.807) is 24.3 Å². The summed E-state index contributed by atoms with van der Waals surface area (Å²) in [6, 6.07) is 7.12. The van der Waals surface area contributed by atoms with Crippen LogP contribution < -0.4 is 10.1 Å². The molecule has 0 heterocycles. The molecule has 0 spiro atoms. The van der Waals surface area contributed by atoms with Crippen molar-refractivity contribution in [3.05, 3.63) is 24.3 Å². The minimum atomic E-state index is -4.32. The van der Waals surface area contributed by atoms with E-state index in [1.165, 1.54) is 0 Å². The van der Waals surface area contributed by atoms with Gasteiger partial charge in [-0.05, 0) is 43.2 Å². The third kappa shape index (κ3) is 5.14. The number of para-hydroxylation sites is 2. The third-order valence-corrected chi connectivity index (χ3v) is 3.98. The maximum absolute atomic E-state index is 12.3. The van der Waals surface area contributed by atoms with E-state index in [1.807, 2.05) is 0 Å². The Morgan fingerprint density at radius 2 is 1.81 bits per heavy atom. The van der Waals surface area contributed by atoms with E-state index in [0.29, 0.717) is 17.1 Å². The van der Waals surface area contributed by atoms with E-state index in [4.69, 9.17) is 4.74 Å². The van der Waals surface area contributed by atoms with Gasteiger partial charge in [-0.25, -0.2) is 0 Å². The van der Waals surface area contributed by atoms with Gasteiger partial charge in [-0.2, -0.15) is 13.2 Å². The maximum atomic E-state index is 12.3. The highest BCUT2D eigenvalue weighted by molar-refractivity contribution is 5.56. The molecule has 1 aliphatic carbocycles. The molecular formula is C16H22F3NO. The lowest BCUT2D eigenvalue weighted by Gasteiger charge is -2.35. The fourth-order valence-corrected chi connectivity index (χ4v) is 2.63. The number of benzene rings is 1. The maximum Gasteiger partial charge on any atom is 0.422 e. The van der Waals surface area contributed by atoms with Crippen molar-refractivity contribution in [1.29, 1.82) is 0 Å². The molecule has 1 aliphatic rings. The first kappa shape index (κ1) is 16.0. The molecule has 0 unspecified atom stereocenters. The van der Waals surface area contributed by atoms with Gasteiger partial charge in [-0.3, -0.25) is 0 Å². The van der Waals surface area contributed by atoms with E-state index in [0.717, 1.165) is 25.7 Å². The van der Waals surface area contributed by atoms with Crippen molar-refractivity contribution < 1.29 is 17.9 Å². The molecule has 1 aromatic rings. The summed E-state index contributed by atoms with van der Waals surface area (Å²) in [4.78, 5) is 0. The number of rotatable bonds is 4. The zero-order valence-corrected chi connectivity index (χ0v) is 12.5. The second kappa shape index (κ2) is 6.16. The molecule has 0 aliphatic heterocycles. The summed E-state index contributed by atoms with van der Waals surface area (Å²) >= 11 is 0. The van der Waals surface area contributed by atoms with Crippen LogP contribution in [0, 0.1) is 5.41 Å². The van der Waals surface area contributed by atoms with E-state index in [9.17, 15) is 13.2 Å². The van der Waals surface area contributed by atoms with Gasteiger partial charge in [0.25, 0.3) is 0 Å². The van der Waals surface area contributed by atoms with Gasteiger partial charge in [-0.15, -0.1) is 0 Å². The molecule has 1 aromatic carbocycles. The molecule has 21 heavy (non-hydrogen) atoms. The quantitative estimate of drug-likeness (QED) is 0.844. The molecular weight excluding hydrogens is 279 g/mol. The van der Waals surface area contributed by atoms with Crippen LogP contribution >= 0.6 is 0 Å². The monoisotopic (exact) mass is 301 g/mol. The summed E-state index contributed by atoms with van der Waals surface area (Å²) in [5.41, 5.74) is 1.01. The molecule has 118 valence electrons. The Morgan fingerprint density at radius 3 is 2.43 bits per heavy atom. The molecule has 0 bridgehead atoms. The number of halogens is 3. The lowest BCUT2D eigenvalue weighted by Crippen LogP contribution is -2.30. The van der Waals surface area contributed by atoms with Gasteiger partial charge in [0.2, 0.25) is 0 Å². The number of hydrogen-bond donors (Lipinski definition) is 1. The molecule has 1 saturated carbocycles. The molecule has 0 radical (unpaired) electrons. The van der Waals surface area contributed by atoms with Gasteiger partial charge in [0.15, 0.2) is 6.61 Å². The summed E-state index contributed by atoms with van der Waals surface area (Å²) in [6.07, 6.45) is -0.0182. The van der Waals surface area contributed by atoms with Crippen LogP contribution in [-0.4, -0.2) is 18.8 Å². The highest BCUT2D eigenvalue weighted by atomic mass is 19.4. The first-order valence-electron chi connectivity index (χ1n) is 7.30. The lowest BCUT2D eigenvalue weighted by atomic mass is 9.75. The van der Waals surface area contributed by atoms with Crippen LogP contribution in [0.25, 0.3) is 0 Å². The fraction of sp³-hybridized carbons (Fsp3) is 0.625. The van der Waals surface area contributed by atoms with Crippen LogP contribution in [0.3, 0.4) is 0 Å². The summed E-state index contributed by atoms with van der Waals surface area (Å²) in [5.74, 6) is 0.264. The smallest absolute Gasteiger partial charge is 0.422 e. The van der Waals surface area contributed by atoms with E-state index < -0.39 is 12.8 Å². The summed E-state index contributed by atoms with van der Waals surface area (Å²) in [7, 11) is 0. The van der Waals surface area contributed by atoms with Gasteiger partial charge in [0.05, 0.1) is 5.69 Å². The van der Waals surface area contributed by atoms with E-state index in [-0.39, 0.29) is 5.75 Å². The molecule has 0 saturated heterocycles. The molecule has 0 amide bonds. The Labute approximate surface area is 123 Å². The molecule has 2 rings (SSSR count). The molecule has 1 fully saturated rings. The largest absolute Gasteiger partial charge is 0.482 e. The molecule has 1 N–H and O–H groups in total. The number of nitrogens with one attached hydrogen (secondary N) is 1. The van der Waals surface area contributed by atoms with Crippen LogP contribution in [0.4, 0.5) is 18.9 Å². The number of anilines is 1. The van der Waals surface area contributed by atoms with Crippen molar-refractivity contribution >= 4 is 5.69 Å². The normalized spacial score (nSPS) is 19.3. The first-order chi connectivity index (χ1) is 9.75. The van der Waals surface area contributed by atoms with Gasteiger partial charge < -0.3 is 10.1 Å². The van der Waals surface area contributed by atoms with Gasteiger partial charge in [0, 0.05) is 6.04 Å². The lowest BCUT2D eigenvalue weighted by molar-refractivity contribution is -0.153. The van der Waals surface area contributed by atoms with Crippen LogP contribution in [0.15, 0.2) is 24.3 Å². The SMILES string of the molecule is CC1(C)CCC(Nc2ccccc2OCC(F)(F)F)CC1. The topological polar surface area (TPSA) is 21.3 Å². The second-order valence-corrected chi connectivity index (χ2v) is 6.48. The summed E-state index contributed by atoms with van der Waals surface area (Å²) in [5, 5.41) is 3.33. The van der Waals surface area contributed by atoms with Crippen LogP contribution in [-0.2, 0) is 0 Å². The predicted octanol–water partition coefficient (Wildman–Crippen LogP) is 5.01. The molecule has 0 atom stereocenters. The Kier molecular flexibility index (Phi) is 4.69. The highest BCUT2D eigenvalue weighted by Gasteiger charge is 2.29. The number of alkyl halides is 3. The zero-order valence-electron chi connectivity index (χ0n) is 12.5. The Hall–Kier alpha value is -1.39. The Bertz CT molecular complexity index is 461. The molecule has 5 heteroatoms. The van der Waals surface area contributed by atoms with Crippen molar-refractivity contribution in [3.63, 3.8) is 0 Å². The van der Waals surface area contributed by atoms with Gasteiger partial charge in [-0.1, -0.05) is 26.0 Å². The predicted molar refractivity (Wildman–Crippen MR) is 77.7 cm³/mol. The number of hydrogen-bond acceptors (Lipinski definition) is 2. The third-order valence-electron chi connectivity index (χ3n) is 3.98. The average Bonchev–Trinajstić information content (AvgIpc) is 2.39. The Morgan fingerprint density at radius 1 is 1.19 bits per heavy atom. The van der Waals surface area contributed by atoms with Gasteiger partial charge in [0.1, 0.15) is 5.75 Å². The number of ether oxygens (including phenoxy) is 1. The van der Waals surface area contributed by atoms with Crippen molar-refractivity contribution in [2.75, 3.05) is 11.9 Å². The van der Waals surface area contributed by atoms with E-state index in [2.05, 4.69) is 19.2 Å². The second-order valence-electron chi connectivity index (χ2n) is 6.48. The standard InChI is InChI=1S/C16H22F3NO/c1-15(2)9-7-12(8-10-15)20-13-5-3-4-6-14(13)21-11-16(17,18)19/h3-6,12,20H,7-11H2,1-2H3. The van der Waals surface area contributed by atoms with Crippen molar-refractivity contribution in [2.45, 2.75) is 51.7 Å². The summed E-state index contributed by atoms with van der Waals surface area (Å²) in [6.45, 7) is 3.25. The van der Waals surface area contributed by atoms with Crippen molar-refractivity contribution in [1.82, 2.24) is 0 Å². The minimum absolute atomic E-state index is 0.264. The van der Waals surface area contributed by atoms with Crippen LogP contribution in [0.5, 0.6) is 5.75 Å². The van der Waals surface area contributed by atoms with Crippen LogP contribution in [0.2, 0.25) is 0 Å². The minimum Gasteiger partial charge on any atom is -0.482 e. The first-order valence-corrected chi connectivity index (χ1v) is 7.30. The molecule has 0 aromatic heterocycles.